The van der Waals surface area contributed by atoms with Gasteiger partial charge in [-0.25, -0.2) is 16.8 Å². The Balaban J connectivity index is 2.20. The fourth-order valence-electron chi connectivity index (χ4n) is 2.72. The van der Waals surface area contributed by atoms with E-state index in [1.165, 1.54) is 22.2 Å². The highest BCUT2D eigenvalue weighted by molar-refractivity contribution is 7.90. The highest BCUT2D eigenvalue weighted by Gasteiger charge is 2.21. The van der Waals surface area contributed by atoms with Crippen LogP contribution in [0.25, 0.3) is 10.9 Å². The van der Waals surface area contributed by atoms with Gasteiger partial charge in [-0.1, -0.05) is 17.7 Å². The van der Waals surface area contributed by atoms with Crippen molar-refractivity contribution < 1.29 is 12.8 Å². The largest absolute Gasteiger partial charge is 0.268 e. The minimum absolute atomic E-state index is 0.207. The van der Waals surface area contributed by atoms with E-state index in [4.69, 9.17) is 11.6 Å². The molecule has 0 aliphatic heterocycles. The molecular formula is C18H17ClFNO2S. The summed E-state index contributed by atoms with van der Waals surface area (Å²) in [5, 5.41) is 0.607. The van der Waals surface area contributed by atoms with E-state index in [1.54, 1.807) is 30.5 Å². The van der Waals surface area contributed by atoms with Gasteiger partial charge in [0.15, 0.2) is 0 Å². The van der Waals surface area contributed by atoms with Gasteiger partial charge in [0.25, 0.3) is 10.0 Å². The third-order valence-electron chi connectivity index (χ3n) is 3.97. The average Bonchev–Trinajstić information content (AvgIpc) is 2.92. The molecule has 0 saturated heterocycles. The summed E-state index contributed by atoms with van der Waals surface area (Å²) in [6, 6.07) is 10.8. The smallest absolute Gasteiger partial charge is 0.241 e. The number of nitrogens with zero attached hydrogens (tertiary/aromatic N) is 1. The molecule has 2 aromatic carbocycles. The van der Waals surface area contributed by atoms with E-state index in [2.05, 4.69) is 0 Å². The van der Waals surface area contributed by atoms with Crippen molar-refractivity contribution in [1.29, 1.82) is 0 Å². The number of rotatable bonds is 5. The van der Waals surface area contributed by atoms with Crippen LogP contribution >= 0.6 is 11.6 Å². The summed E-state index contributed by atoms with van der Waals surface area (Å²) < 4.78 is 40.8. The van der Waals surface area contributed by atoms with Gasteiger partial charge in [-0.05, 0) is 55.7 Å². The summed E-state index contributed by atoms with van der Waals surface area (Å²) in [4.78, 5) is 0.207. The van der Waals surface area contributed by atoms with E-state index in [0.29, 0.717) is 29.6 Å². The maximum absolute atomic E-state index is 13.6. The van der Waals surface area contributed by atoms with Gasteiger partial charge in [0.1, 0.15) is 5.82 Å². The molecule has 0 N–H and O–H groups in total. The molecule has 24 heavy (non-hydrogen) atoms. The highest BCUT2D eigenvalue weighted by Crippen LogP contribution is 2.28. The Labute approximate surface area is 145 Å². The van der Waals surface area contributed by atoms with Gasteiger partial charge in [-0.2, -0.15) is 0 Å². The molecule has 6 heteroatoms. The summed E-state index contributed by atoms with van der Waals surface area (Å²) in [5.74, 6) is 0.0762. The molecule has 3 rings (SSSR count). The van der Waals surface area contributed by atoms with Crippen molar-refractivity contribution in [1.82, 2.24) is 3.97 Å². The number of aromatic nitrogens is 1. The van der Waals surface area contributed by atoms with E-state index >= 15 is 0 Å². The van der Waals surface area contributed by atoms with Crippen molar-refractivity contribution in [3.63, 3.8) is 0 Å². The van der Waals surface area contributed by atoms with Crippen molar-refractivity contribution in [2.45, 2.75) is 24.7 Å². The topological polar surface area (TPSA) is 39.1 Å². The lowest BCUT2D eigenvalue weighted by Gasteiger charge is -2.08. The number of hydrogen-bond acceptors (Lipinski definition) is 2. The van der Waals surface area contributed by atoms with E-state index in [1.807, 2.05) is 6.92 Å². The second kappa shape index (κ2) is 6.57. The molecule has 0 saturated carbocycles. The Morgan fingerprint density at radius 2 is 1.83 bits per heavy atom. The standard InChI is InChI=1S/C18H17ClFNO2S/c1-13-4-7-16(8-5-13)24(22,23)21-12-14(3-2-10-19)17-11-15(20)6-9-18(17)21/h4-9,11-12H,2-3,10H2,1H3. The van der Waals surface area contributed by atoms with Crippen molar-refractivity contribution in [2.75, 3.05) is 5.88 Å². The monoisotopic (exact) mass is 365 g/mol. The predicted molar refractivity (Wildman–Crippen MR) is 94.7 cm³/mol. The van der Waals surface area contributed by atoms with Gasteiger partial charge in [0.05, 0.1) is 10.4 Å². The van der Waals surface area contributed by atoms with Crippen LogP contribution in [0.1, 0.15) is 17.5 Å². The van der Waals surface area contributed by atoms with Crippen LogP contribution in [0.4, 0.5) is 4.39 Å². The van der Waals surface area contributed by atoms with Crippen LogP contribution in [0.3, 0.4) is 0 Å². The molecular weight excluding hydrogens is 349 g/mol. The Bertz CT molecular complexity index is 978. The fourth-order valence-corrected chi connectivity index (χ4v) is 4.24. The second-order valence-electron chi connectivity index (χ2n) is 5.72. The van der Waals surface area contributed by atoms with Gasteiger partial charge < -0.3 is 0 Å². The molecule has 0 fully saturated rings. The average molecular weight is 366 g/mol. The quantitative estimate of drug-likeness (QED) is 0.624. The van der Waals surface area contributed by atoms with Crippen LogP contribution in [0.15, 0.2) is 53.6 Å². The molecule has 1 heterocycles. The Morgan fingerprint density at radius 1 is 1.12 bits per heavy atom. The Morgan fingerprint density at radius 3 is 2.50 bits per heavy atom. The van der Waals surface area contributed by atoms with Crippen molar-refractivity contribution in [3.8, 4) is 0 Å². The SMILES string of the molecule is Cc1ccc(S(=O)(=O)n2cc(CCCCl)c3cc(F)ccc32)cc1. The number of benzene rings is 2. The molecule has 1 aromatic heterocycles. The molecule has 0 spiro atoms. The normalized spacial score (nSPS) is 12.0. The van der Waals surface area contributed by atoms with E-state index < -0.39 is 10.0 Å². The zero-order chi connectivity index (χ0) is 17.3. The minimum atomic E-state index is -3.74. The van der Waals surface area contributed by atoms with Gasteiger partial charge in [-0.3, -0.25) is 0 Å². The first kappa shape index (κ1) is 17.0. The van der Waals surface area contributed by atoms with Gasteiger partial charge in [0, 0.05) is 17.5 Å². The molecule has 3 nitrogen and oxygen atoms in total. The molecule has 0 aliphatic carbocycles. The summed E-state index contributed by atoms with van der Waals surface area (Å²) in [6.45, 7) is 1.90. The zero-order valence-electron chi connectivity index (χ0n) is 13.2. The summed E-state index contributed by atoms with van der Waals surface area (Å²) in [7, 11) is -3.74. The van der Waals surface area contributed by atoms with Crippen molar-refractivity contribution >= 4 is 32.5 Å². The van der Waals surface area contributed by atoms with Crippen molar-refractivity contribution in [3.05, 3.63) is 65.6 Å². The van der Waals surface area contributed by atoms with E-state index in [0.717, 1.165) is 11.1 Å². The van der Waals surface area contributed by atoms with Gasteiger partial charge >= 0.3 is 0 Å². The van der Waals surface area contributed by atoms with Crippen LogP contribution < -0.4 is 0 Å². The molecule has 0 bridgehead atoms. The predicted octanol–water partition coefficient (Wildman–Crippen LogP) is 4.50. The zero-order valence-corrected chi connectivity index (χ0v) is 14.7. The van der Waals surface area contributed by atoms with Crippen LogP contribution in [-0.2, 0) is 16.4 Å². The summed E-state index contributed by atoms with van der Waals surface area (Å²) in [5.41, 5.74) is 2.23. The van der Waals surface area contributed by atoms with Crippen LogP contribution in [-0.4, -0.2) is 18.3 Å². The van der Waals surface area contributed by atoms with Crippen LogP contribution in [0.5, 0.6) is 0 Å². The van der Waals surface area contributed by atoms with E-state index in [-0.39, 0.29) is 10.7 Å². The van der Waals surface area contributed by atoms with Gasteiger partial charge in [0.2, 0.25) is 0 Å². The van der Waals surface area contributed by atoms with Crippen LogP contribution in [0, 0.1) is 12.7 Å². The van der Waals surface area contributed by atoms with Crippen LogP contribution in [0.2, 0.25) is 0 Å². The number of halogens is 2. The molecule has 126 valence electrons. The summed E-state index contributed by atoms with van der Waals surface area (Å²) in [6.07, 6.45) is 2.87. The molecule has 0 aliphatic rings. The highest BCUT2D eigenvalue weighted by atomic mass is 35.5. The van der Waals surface area contributed by atoms with Crippen molar-refractivity contribution in [2.24, 2.45) is 0 Å². The maximum Gasteiger partial charge on any atom is 0.268 e. The third-order valence-corrected chi connectivity index (χ3v) is 5.93. The lowest BCUT2D eigenvalue weighted by atomic mass is 10.1. The first-order chi connectivity index (χ1) is 11.4. The molecule has 0 atom stereocenters. The molecule has 3 aromatic rings. The first-order valence-electron chi connectivity index (χ1n) is 7.61. The Hall–Kier alpha value is -1.85. The number of fused-ring (bicyclic) bond motifs is 1. The number of hydrogen-bond donors (Lipinski definition) is 0. The number of alkyl halides is 1. The Kier molecular flexibility index (Phi) is 4.65. The minimum Gasteiger partial charge on any atom is -0.241 e. The molecule has 0 amide bonds. The molecule has 0 unspecified atom stereocenters. The van der Waals surface area contributed by atoms with Gasteiger partial charge in [-0.15, -0.1) is 11.6 Å². The van der Waals surface area contributed by atoms with E-state index in [9.17, 15) is 12.8 Å². The lowest BCUT2D eigenvalue weighted by molar-refractivity contribution is 0.589. The molecule has 0 radical (unpaired) electrons. The summed E-state index contributed by atoms with van der Waals surface area (Å²) >= 11 is 5.74. The number of aryl methyl sites for hydroxylation is 2. The second-order valence-corrected chi connectivity index (χ2v) is 7.92. The third kappa shape index (κ3) is 3.06. The lowest BCUT2D eigenvalue weighted by Crippen LogP contribution is -2.11. The maximum atomic E-state index is 13.6. The fraction of sp³-hybridized carbons (Fsp3) is 0.222. The first-order valence-corrected chi connectivity index (χ1v) is 9.58.